The van der Waals surface area contributed by atoms with E-state index >= 15 is 0 Å². The number of nitrogens with zero attached hydrogens (tertiary/aromatic N) is 1. The Hall–Kier alpha value is -1.79. The van der Waals surface area contributed by atoms with Gasteiger partial charge in [-0.05, 0) is 46.2 Å². The maximum absolute atomic E-state index is 14.0. The fraction of sp³-hybridized carbons (Fsp3) is 0.667. The van der Waals surface area contributed by atoms with Gasteiger partial charge in [-0.1, -0.05) is 37.6 Å². The number of carbonyl (C=O) groups is 1. The van der Waals surface area contributed by atoms with Crippen molar-refractivity contribution in [1.82, 2.24) is 4.72 Å². The van der Waals surface area contributed by atoms with Gasteiger partial charge in [0.25, 0.3) is 0 Å². The van der Waals surface area contributed by atoms with Crippen LogP contribution >= 0.6 is 0 Å². The SMILES string of the molecule is CCOC(=O)[C@@H](NS(=O)(=O)C(C)(C)C)[C@@H]1CC2(CC/C1=C\S(=O)(=NC)c1ccccc1)OCC(C)(C)CO2. The van der Waals surface area contributed by atoms with Crippen LogP contribution in [0.5, 0.6) is 0 Å². The number of ether oxygens (including phenoxy) is 3. The monoisotopic (exact) mass is 570 g/mol. The van der Waals surface area contributed by atoms with E-state index in [4.69, 9.17) is 14.2 Å². The highest BCUT2D eigenvalue weighted by Gasteiger charge is 2.50. The van der Waals surface area contributed by atoms with Gasteiger partial charge in [0.15, 0.2) is 5.79 Å². The number of hydrogen-bond donors (Lipinski definition) is 1. The van der Waals surface area contributed by atoms with E-state index in [9.17, 15) is 17.4 Å². The van der Waals surface area contributed by atoms with Crippen LogP contribution in [0.4, 0.5) is 0 Å². The zero-order chi connectivity index (χ0) is 28.4. The highest BCUT2D eigenvalue weighted by molar-refractivity contribution is 7.96. The normalized spacial score (nSPS) is 24.9. The van der Waals surface area contributed by atoms with Gasteiger partial charge in [0, 0.05) is 36.6 Å². The topological polar surface area (TPSA) is 120 Å². The van der Waals surface area contributed by atoms with E-state index in [0.29, 0.717) is 36.5 Å². The van der Waals surface area contributed by atoms with Gasteiger partial charge < -0.3 is 14.2 Å². The second kappa shape index (κ2) is 11.4. The number of hydrogen-bond acceptors (Lipinski definition) is 8. The molecule has 11 heteroatoms. The first-order valence-electron chi connectivity index (χ1n) is 12.9. The molecular weight excluding hydrogens is 528 g/mol. The first-order chi connectivity index (χ1) is 17.6. The Morgan fingerprint density at radius 3 is 2.32 bits per heavy atom. The molecule has 0 amide bonds. The molecule has 2 aliphatic rings. The Bertz CT molecular complexity index is 1250. The van der Waals surface area contributed by atoms with E-state index in [2.05, 4.69) is 9.08 Å². The van der Waals surface area contributed by atoms with Gasteiger partial charge in [-0.2, -0.15) is 4.72 Å². The summed E-state index contributed by atoms with van der Waals surface area (Å²) in [6.07, 6.45) is 1.05. The second-order valence-corrected chi connectivity index (χ2v) is 16.4. The predicted molar refractivity (Wildman–Crippen MR) is 147 cm³/mol. The summed E-state index contributed by atoms with van der Waals surface area (Å²) in [7, 11) is -5.45. The molecule has 38 heavy (non-hydrogen) atoms. The molecule has 0 bridgehead atoms. The first-order valence-corrected chi connectivity index (χ1v) is 16.0. The molecule has 1 saturated heterocycles. The van der Waals surface area contributed by atoms with Crippen LogP contribution in [0.15, 0.2) is 50.6 Å². The van der Waals surface area contributed by atoms with E-state index < -0.39 is 48.2 Å². The summed E-state index contributed by atoms with van der Waals surface area (Å²) in [5, 5.41) is 1.60. The lowest BCUT2D eigenvalue weighted by Gasteiger charge is -2.49. The smallest absolute Gasteiger partial charge is 0.324 e. The molecule has 214 valence electrons. The Kier molecular flexibility index (Phi) is 9.20. The summed E-state index contributed by atoms with van der Waals surface area (Å²) >= 11 is 0. The largest absolute Gasteiger partial charge is 0.465 e. The van der Waals surface area contributed by atoms with E-state index in [1.807, 2.05) is 19.9 Å². The number of nitrogens with one attached hydrogen (secondary N) is 1. The minimum absolute atomic E-state index is 0.0791. The average Bonchev–Trinajstić information content (AvgIpc) is 2.85. The predicted octanol–water partition coefficient (Wildman–Crippen LogP) is 4.25. The summed E-state index contributed by atoms with van der Waals surface area (Å²) in [4.78, 5) is 13.9. The molecule has 1 spiro atoms. The Morgan fingerprint density at radius 1 is 1.18 bits per heavy atom. The molecule has 1 aliphatic carbocycles. The Morgan fingerprint density at radius 2 is 1.79 bits per heavy atom. The molecule has 1 aliphatic heterocycles. The molecule has 3 rings (SSSR count). The zero-order valence-electron chi connectivity index (χ0n) is 23.5. The van der Waals surface area contributed by atoms with Crippen LogP contribution in [0.2, 0.25) is 0 Å². The second-order valence-electron chi connectivity index (χ2n) is 11.7. The van der Waals surface area contributed by atoms with Gasteiger partial charge in [-0.3, -0.25) is 4.79 Å². The van der Waals surface area contributed by atoms with Gasteiger partial charge in [0.05, 0.1) is 39.2 Å². The summed E-state index contributed by atoms with van der Waals surface area (Å²) in [6, 6.07) is 7.63. The number of carbonyl (C=O) groups excluding carboxylic acids is 1. The van der Waals surface area contributed by atoms with Gasteiger partial charge in [0.2, 0.25) is 10.0 Å². The van der Waals surface area contributed by atoms with Crippen molar-refractivity contribution in [3.05, 3.63) is 41.3 Å². The van der Waals surface area contributed by atoms with E-state index in [0.717, 1.165) is 0 Å². The zero-order valence-corrected chi connectivity index (χ0v) is 25.1. The van der Waals surface area contributed by atoms with Gasteiger partial charge in [-0.25, -0.2) is 17.0 Å². The number of benzene rings is 1. The van der Waals surface area contributed by atoms with Crippen molar-refractivity contribution in [2.24, 2.45) is 15.7 Å². The molecule has 1 heterocycles. The van der Waals surface area contributed by atoms with Crippen molar-refractivity contribution in [2.75, 3.05) is 26.9 Å². The van der Waals surface area contributed by atoms with Crippen LogP contribution < -0.4 is 4.72 Å². The van der Waals surface area contributed by atoms with Crippen LogP contribution in [0.1, 0.15) is 60.8 Å². The van der Waals surface area contributed by atoms with E-state index in [-0.39, 0.29) is 18.4 Å². The van der Waals surface area contributed by atoms with Crippen LogP contribution in [0, 0.1) is 11.3 Å². The molecule has 9 nitrogen and oxygen atoms in total. The highest BCUT2D eigenvalue weighted by atomic mass is 32.2. The summed E-state index contributed by atoms with van der Waals surface area (Å²) in [5.41, 5.74) is 0.482. The van der Waals surface area contributed by atoms with Gasteiger partial charge >= 0.3 is 5.97 Å². The van der Waals surface area contributed by atoms with Crippen molar-refractivity contribution in [2.45, 2.75) is 82.3 Å². The molecular formula is C27H42N2O7S2. The fourth-order valence-electron chi connectivity index (χ4n) is 4.48. The maximum Gasteiger partial charge on any atom is 0.324 e. The van der Waals surface area contributed by atoms with Crippen LogP contribution in [0.25, 0.3) is 0 Å². The number of sulfonamides is 1. The maximum atomic E-state index is 14.0. The molecule has 1 aromatic carbocycles. The number of esters is 1. The van der Waals surface area contributed by atoms with Crippen molar-refractivity contribution < 1.29 is 31.6 Å². The Balaban J connectivity index is 2.13. The lowest BCUT2D eigenvalue weighted by Crippen LogP contribution is -2.57. The summed E-state index contributed by atoms with van der Waals surface area (Å²) in [6.45, 7) is 11.4. The molecule has 1 unspecified atom stereocenters. The third-order valence-electron chi connectivity index (χ3n) is 6.95. The molecule has 1 N–H and O–H groups in total. The lowest BCUT2D eigenvalue weighted by molar-refractivity contribution is -0.311. The van der Waals surface area contributed by atoms with Crippen LogP contribution in [-0.4, -0.2) is 62.0 Å². The first kappa shape index (κ1) is 30.7. The standard InChI is InChI=1S/C27H42N2O7S2/c1-8-34-24(30)23(29-38(32,33)25(2,3)4)22-16-27(35-18-26(5,6)19-36-27)15-14-20(22)17-37(31,28-7)21-12-10-9-11-13-21/h9-13,17,22-23,29H,8,14-16,18-19H2,1-7H3/b20-17+/t22-,23+,37?/m1/s1. The molecule has 1 aromatic rings. The summed E-state index contributed by atoms with van der Waals surface area (Å²) < 4.78 is 64.1. The van der Waals surface area contributed by atoms with Crippen molar-refractivity contribution in [3.63, 3.8) is 0 Å². The Labute approximate surface area is 227 Å². The molecule has 0 radical (unpaired) electrons. The highest BCUT2D eigenvalue weighted by Crippen LogP contribution is 2.45. The van der Waals surface area contributed by atoms with E-state index in [1.54, 1.807) is 57.4 Å². The third-order valence-corrected chi connectivity index (χ3v) is 11.2. The summed E-state index contributed by atoms with van der Waals surface area (Å²) in [5.74, 6) is -2.43. The lowest BCUT2D eigenvalue weighted by atomic mass is 9.76. The molecule has 2 fully saturated rings. The minimum atomic E-state index is -3.95. The quantitative estimate of drug-likeness (QED) is 0.487. The molecule has 3 atom stereocenters. The van der Waals surface area contributed by atoms with E-state index in [1.165, 1.54) is 7.05 Å². The van der Waals surface area contributed by atoms with Crippen molar-refractivity contribution in [3.8, 4) is 0 Å². The van der Waals surface area contributed by atoms with Gasteiger partial charge in [-0.15, -0.1) is 0 Å². The molecule has 0 aromatic heterocycles. The number of rotatable bonds is 7. The van der Waals surface area contributed by atoms with Crippen molar-refractivity contribution >= 4 is 25.7 Å². The molecule has 1 saturated carbocycles. The van der Waals surface area contributed by atoms with Gasteiger partial charge in [0.1, 0.15) is 6.04 Å². The van der Waals surface area contributed by atoms with Crippen molar-refractivity contribution in [1.29, 1.82) is 0 Å². The third kappa shape index (κ3) is 6.85. The minimum Gasteiger partial charge on any atom is -0.465 e. The van der Waals surface area contributed by atoms with Crippen LogP contribution in [-0.2, 0) is 38.8 Å². The van der Waals surface area contributed by atoms with Crippen LogP contribution in [0.3, 0.4) is 0 Å². The fourth-order valence-corrected chi connectivity index (χ4v) is 7.13. The average molecular weight is 571 g/mol.